The first-order valence-corrected chi connectivity index (χ1v) is 7.56. The number of carbonyl (C=O) groups excluding carboxylic acids is 1. The molecule has 1 aromatic rings. The Morgan fingerprint density at radius 3 is 3.14 bits per heavy atom. The Morgan fingerprint density at radius 2 is 2.29 bits per heavy atom. The van der Waals surface area contributed by atoms with E-state index < -0.39 is 17.1 Å². The maximum Gasteiger partial charge on any atom is 0.196 e. The molecule has 1 spiro atoms. The van der Waals surface area contributed by atoms with Crippen molar-refractivity contribution in [3.05, 3.63) is 41.0 Å². The molecule has 2 aliphatic carbocycles. The zero-order valence-corrected chi connectivity index (χ0v) is 11.8. The molecule has 5 rings (SSSR count). The van der Waals surface area contributed by atoms with Crippen LogP contribution >= 0.6 is 0 Å². The van der Waals surface area contributed by atoms with Gasteiger partial charge in [0, 0.05) is 11.6 Å². The van der Waals surface area contributed by atoms with Gasteiger partial charge < -0.3 is 15.2 Å². The van der Waals surface area contributed by atoms with E-state index in [4.69, 9.17) is 4.74 Å². The third kappa shape index (κ3) is 1.08. The van der Waals surface area contributed by atoms with Gasteiger partial charge in [0.05, 0.1) is 5.41 Å². The molecule has 4 aliphatic rings. The fourth-order valence-electron chi connectivity index (χ4n) is 4.97. The minimum atomic E-state index is -1.03. The molecule has 2 N–H and O–H groups in total. The van der Waals surface area contributed by atoms with E-state index in [-0.39, 0.29) is 11.8 Å². The molecule has 4 nitrogen and oxygen atoms in total. The number of hydrogen-bond acceptors (Lipinski definition) is 4. The van der Waals surface area contributed by atoms with Gasteiger partial charge in [0.15, 0.2) is 11.9 Å². The van der Waals surface area contributed by atoms with Crippen LogP contribution in [0.3, 0.4) is 0 Å². The summed E-state index contributed by atoms with van der Waals surface area (Å²) in [5, 5.41) is 14.9. The van der Waals surface area contributed by atoms with Crippen molar-refractivity contribution in [2.45, 2.75) is 42.9 Å². The van der Waals surface area contributed by atoms with Gasteiger partial charge in [0.25, 0.3) is 0 Å². The normalized spacial score (nSPS) is 41.7. The van der Waals surface area contributed by atoms with E-state index in [1.165, 1.54) is 11.6 Å². The Hall–Kier alpha value is -1.65. The highest BCUT2D eigenvalue weighted by atomic mass is 16.5. The number of carbonyl (C=O) groups is 1. The Labute approximate surface area is 122 Å². The third-order valence-corrected chi connectivity index (χ3v) is 5.91. The number of nitrogens with one attached hydrogen (secondary N) is 1. The van der Waals surface area contributed by atoms with Crippen molar-refractivity contribution < 1.29 is 14.6 Å². The van der Waals surface area contributed by atoms with Gasteiger partial charge in [-0.1, -0.05) is 12.1 Å². The Bertz CT molecular complexity index is 725. The van der Waals surface area contributed by atoms with E-state index in [2.05, 4.69) is 17.4 Å². The van der Waals surface area contributed by atoms with E-state index in [0.29, 0.717) is 0 Å². The lowest BCUT2D eigenvalue weighted by atomic mass is 9.51. The lowest BCUT2D eigenvalue weighted by Crippen LogP contribution is -2.74. The topological polar surface area (TPSA) is 58.6 Å². The van der Waals surface area contributed by atoms with Gasteiger partial charge in [-0.25, -0.2) is 0 Å². The van der Waals surface area contributed by atoms with Gasteiger partial charge in [-0.3, -0.25) is 4.79 Å². The fourth-order valence-corrected chi connectivity index (χ4v) is 4.97. The highest BCUT2D eigenvalue weighted by molar-refractivity contribution is 5.98. The van der Waals surface area contributed by atoms with Gasteiger partial charge >= 0.3 is 0 Å². The first-order chi connectivity index (χ1) is 10.1. The average molecular weight is 283 g/mol. The van der Waals surface area contributed by atoms with Crippen LogP contribution in [0.2, 0.25) is 0 Å². The number of piperidine rings is 1. The molecule has 0 radical (unpaired) electrons. The second-order valence-corrected chi connectivity index (χ2v) is 6.74. The van der Waals surface area contributed by atoms with Crippen molar-refractivity contribution in [2.75, 3.05) is 6.54 Å². The number of benzene rings is 1. The summed E-state index contributed by atoms with van der Waals surface area (Å²) in [5.74, 6) is 0.803. The molecule has 108 valence electrons. The smallest absolute Gasteiger partial charge is 0.196 e. The van der Waals surface area contributed by atoms with Gasteiger partial charge in [-0.05, 0) is 49.6 Å². The summed E-state index contributed by atoms with van der Waals surface area (Å²) >= 11 is 0. The summed E-state index contributed by atoms with van der Waals surface area (Å²) in [6.45, 7) is 2.81. The quantitative estimate of drug-likeness (QED) is 0.739. The SMILES string of the molecule is Cc1ccc2c3c1O[C@H]1C(=O)C=C[C@@]4(O)C(C2)NCC[C@]314. The molecular weight excluding hydrogens is 266 g/mol. The molecule has 1 fully saturated rings. The van der Waals surface area contributed by atoms with Crippen LogP contribution in [0, 0.1) is 6.92 Å². The van der Waals surface area contributed by atoms with Gasteiger partial charge in [0.2, 0.25) is 0 Å². The second kappa shape index (κ2) is 3.39. The Kier molecular flexibility index (Phi) is 1.93. The molecule has 21 heavy (non-hydrogen) atoms. The minimum absolute atomic E-state index is 0.0243. The van der Waals surface area contributed by atoms with E-state index in [0.717, 1.165) is 36.3 Å². The monoisotopic (exact) mass is 283 g/mol. The van der Waals surface area contributed by atoms with Crippen LogP contribution in [0.4, 0.5) is 0 Å². The van der Waals surface area contributed by atoms with Crippen LogP contribution < -0.4 is 10.1 Å². The van der Waals surface area contributed by atoms with Crippen LogP contribution in [0.1, 0.15) is 23.1 Å². The van der Waals surface area contributed by atoms with E-state index >= 15 is 0 Å². The van der Waals surface area contributed by atoms with Crippen molar-refractivity contribution in [2.24, 2.45) is 0 Å². The number of ether oxygens (including phenoxy) is 1. The fraction of sp³-hybridized carbons (Fsp3) is 0.471. The maximum absolute atomic E-state index is 12.4. The predicted octanol–water partition coefficient (Wildman–Crippen LogP) is 0.782. The Morgan fingerprint density at radius 1 is 1.43 bits per heavy atom. The molecule has 0 amide bonds. The summed E-state index contributed by atoms with van der Waals surface area (Å²) in [6, 6.07) is 4.13. The van der Waals surface area contributed by atoms with Crippen LogP contribution in [0.5, 0.6) is 5.75 Å². The van der Waals surface area contributed by atoms with Gasteiger partial charge in [0.1, 0.15) is 11.4 Å². The summed E-state index contributed by atoms with van der Waals surface area (Å²) in [5.41, 5.74) is 1.71. The summed E-state index contributed by atoms with van der Waals surface area (Å²) in [7, 11) is 0. The summed E-state index contributed by atoms with van der Waals surface area (Å²) in [4.78, 5) is 12.4. The number of aliphatic hydroxyl groups is 1. The highest BCUT2D eigenvalue weighted by Crippen LogP contribution is 2.61. The average Bonchev–Trinajstić information content (AvgIpc) is 2.80. The summed E-state index contributed by atoms with van der Waals surface area (Å²) < 4.78 is 6.10. The molecule has 1 unspecified atom stereocenters. The molecule has 0 aromatic heterocycles. The zero-order chi connectivity index (χ0) is 14.4. The van der Waals surface area contributed by atoms with E-state index in [1.807, 2.05) is 6.92 Å². The molecule has 2 aliphatic heterocycles. The molecule has 1 aromatic carbocycles. The van der Waals surface area contributed by atoms with Crippen molar-refractivity contribution in [3.8, 4) is 5.75 Å². The van der Waals surface area contributed by atoms with Crippen molar-refractivity contribution in [1.29, 1.82) is 0 Å². The maximum atomic E-state index is 12.4. The number of ketones is 1. The zero-order valence-electron chi connectivity index (χ0n) is 11.8. The lowest BCUT2D eigenvalue weighted by molar-refractivity contribution is -0.139. The molecule has 1 saturated heterocycles. The van der Waals surface area contributed by atoms with Crippen LogP contribution in [0.15, 0.2) is 24.3 Å². The molecule has 0 saturated carbocycles. The molecule has 2 bridgehead atoms. The van der Waals surface area contributed by atoms with Crippen LogP contribution in [-0.4, -0.2) is 35.2 Å². The number of rotatable bonds is 0. The molecular formula is C17H17NO3. The lowest BCUT2D eigenvalue weighted by Gasteiger charge is -2.57. The van der Waals surface area contributed by atoms with Crippen LogP contribution in [0.25, 0.3) is 0 Å². The number of aryl methyl sites for hydroxylation is 1. The van der Waals surface area contributed by atoms with Crippen molar-refractivity contribution >= 4 is 5.78 Å². The van der Waals surface area contributed by atoms with Crippen LogP contribution in [-0.2, 0) is 16.6 Å². The molecule has 2 heterocycles. The van der Waals surface area contributed by atoms with E-state index in [9.17, 15) is 9.90 Å². The Balaban J connectivity index is 1.93. The van der Waals surface area contributed by atoms with Gasteiger partial charge in [-0.2, -0.15) is 0 Å². The first-order valence-electron chi connectivity index (χ1n) is 7.56. The molecule has 4 heteroatoms. The standard InChI is InChI=1S/C17H17NO3/c1-9-2-3-10-8-12-17(20)5-4-11(19)15-16(17,6-7-18-12)13(10)14(9)21-15/h2-5,12,15,18,20H,6-8H2,1H3/t12?,15-,16-,17+/m0/s1. The molecule has 4 atom stereocenters. The number of hydrogen-bond donors (Lipinski definition) is 2. The predicted molar refractivity (Wildman–Crippen MR) is 76.5 cm³/mol. The minimum Gasteiger partial charge on any atom is -0.481 e. The second-order valence-electron chi connectivity index (χ2n) is 6.74. The third-order valence-electron chi connectivity index (χ3n) is 5.91. The largest absolute Gasteiger partial charge is 0.481 e. The van der Waals surface area contributed by atoms with Gasteiger partial charge in [-0.15, -0.1) is 0 Å². The van der Waals surface area contributed by atoms with Crippen molar-refractivity contribution in [3.63, 3.8) is 0 Å². The van der Waals surface area contributed by atoms with E-state index in [1.54, 1.807) is 6.08 Å². The van der Waals surface area contributed by atoms with Crippen molar-refractivity contribution in [1.82, 2.24) is 5.32 Å². The first kappa shape index (κ1) is 12.0. The summed E-state index contributed by atoms with van der Waals surface area (Å²) in [6.07, 6.45) is 4.15. The highest BCUT2D eigenvalue weighted by Gasteiger charge is 2.70.